The summed E-state index contributed by atoms with van der Waals surface area (Å²) < 4.78 is 0. The van der Waals surface area contributed by atoms with Crippen LogP contribution < -0.4 is 11.1 Å². The van der Waals surface area contributed by atoms with Crippen molar-refractivity contribution in [3.63, 3.8) is 0 Å². The summed E-state index contributed by atoms with van der Waals surface area (Å²) in [6.45, 7) is 2.00. The Hall–Kier alpha value is -1.16. The van der Waals surface area contributed by atoms with Crippen LogP contribution in [0.5, 0.6) is 0 Å². The number of rotatable bonds is 5. The number of nitrogens with two attached hydrogens (primary N) is 1. The molecule has 3 N–H and O–H groups in total. The molecule has 0 aliphatic carbocycles. The molecular formula is C12H18N2OS. The fraction of sp³-hybridized carbons (Fsp3) is 0.417. The first-order valence-electron chi connectivity index (χ1n) is 5.33. The number of benzene rings is 1. The summed E-state index contributed by atoms with van der Waals surface area (Å²) in [4.78, 5) is 12.2. The molecule has 16 heavy (non-hydrogen) atoms. The van der Waals surface area contributed by atoms with Crippen molar-refractivity contribution in [1.29, 1.82) is 0 Å². The number of carbonyl (C=O) groups excluding carboxylic acids is 1. The summed E-state index contributed by atoms with van der Waals surface area (Å²) in [5, 5.41) is 2.62. The van der Waals surface area contributed by atoms with E-state index >= 15 is 0 Å². The third-order valence-electron chi connectivity index (χ3n) is 2.34. The van der Waals surface area contributed by atoms with Crippen molar-refractivity contribution in [2.24, 2.45) is 0 Å². The van der Waals surface area contributed by atoms with Gasteiger partial charge in [-0.1, -0.05) is 0 Å². The van der Waals surface area contributed by atoms with Gasteiger partial charge >= 0.3 is 0 Å². The van der Waals surface area contributed by atoms with E-state index in [0.717, 1.165) is 23.4 Å². The molecule has 0 radical (unpaired) electrons. The van der Waals surface area contributed by atoms with E-state index in [2.05, 4.69) is 11.4 Å². The maximum atomic E-state index is 11.0. The maximum Gasteiger partial charge on any atom is 0.219 e. The van der Waals surface area contributed by atoms with Crippen LogP contribution in [0, 0.1) is 6.92 Å². The minimum atomic E-state index is 0.106. The van der Waals surface area contributed by atoms with E-state index in [1.165, 1.54) is 4.90 Å². The maximum absolute atomic E-state index is 11.0. The second-order valence-electron chi connectivity index (χ2n) is 3.64. The number of nitrogen functional groups attached to an aromatic ring is 1. The Bertz CT molecular complexity index is 366. The summed E-state index contributed by atoms with van der Waals surface area (Å²) in [5.74, 6) is 1.06. The van der Waals surface area contributed by atoms with Crippen molar-refractivity contribution in [3.8, 4) is 0 Å². The van der Waals surface area contributed by atoms with Crippen molar-refractivity contribution >= 4 is 23.4 Å². The molecule has 1 aromatic carbocycles. The van der Waals surface area contributed by atoms with E-state index in [-0.39, 0.29) is 5.91 Å². The van der Waals surface area contributed by atoms with Crippen LogP contribution in [-0.4, -0.2) is 18.7 Å². The predicted octanol–water partition coefficient (Wildman–Crippen LogP) is 2.20. The minimum absolute atomic E-state index is 0.106. The molecule has 0 heterocycles. The van der Waals surface area contributed by atoms with Crippen LogP contribution in [0.1, 0.15) is 18.4 Å². The lowest BCUT2D eigenvalue weighted by atomic mass is 10.2. The molecule has 1 rings (SSSR count). The van der Waals surface area contributed by atoms with Gasteiger partial charge in [0.25, 0.3) is 0 Å². The van der Waals surface area contributed by atoms with Gasteiger partial charge in [0.15, 0.2) is 0 Å². The molecule has 1 amide bonds. The van der Waals surface area contributed by atoms with Crippen LogP contribution in [0.3, 0.4) is 0 Å². The minimum Gasteiger partial charge on any atom is -0.399 e. The van der Waals surface area contributed by atoms with Crippen LogP contribution in [0.4, 0.5) is 5.69 Å². The molecule has 4 heteroatoms. The molecule has 0 saturated carbocycles. The van der Waals surface area contributed by atoms with E-state index in [1.54, 1.807) is 18.8 Å². The average molecular weight is 238 g/mol. The lowest BCUT2D eigenvalue weighted by Gasteiger charge is -2.04. The first-order chi connectivity index (χ1) is 7.63. The number of carbonyl (C=O) groups is 1. The highest BCUT2D eigenvalue weighted by molar-refractivity contribution is 7.99. The molecule has 0 aromatic heterocycles. The number of thioether (sulfide) groups is 1. The zero-order valence-corrected chi connectivity index (χ0v) is 10.6. The summed E-state index contributed by atoms with van der Waals surface area (Å²) >= 11 is 1.76. The molecule has 0 unspecified atom stereocenters. The number of hydrogen-bond acceptors (Lipinski definition) is 3. The molecule has 0 saturated heterocycles. The average Bonchev–Trinajstić information content (AvgIpc) is 2.28. The fourth-order valence-corrected chi connectivity index (χ4v) is 2.23. The highest BCUT2D eigenvalue weighted by Gasteiger charge is 2.00. The van der Waals surface area contributed by atoms with Crippen molar-refractivity contribution < 1.29 is 4.79 Å². The standard InChI is InChI=1S/C12H18N2OS/c1-9-8-10(5-6-11(9)13)16-7-3-4-12(15)14-2/h5-6,8H,3-4,7,13H2,1-2H3,(H,14,15). The van der Waals surface area contributed by atoms with Gasteiger partial charge in [-0.2, -0.15) is 0 Å². The number of hydrogen-bond donors (Lipinski definition) is 2. The van der Waals surface area contributed by atoms with Crippen LogP contribution in [-0.2, 0) is 4.79 Å². The Labute approximate surface area is 101 Å². The number of aryl methyl sites for hydroxylation is 1. The van der Waals surface area contributed by atoms with Crippen LogP contribution >= 0.6 is 11.8 Å². The van der Waals surface area contributed by atoms with Gasteiger partial charge in [0.2, 0.25) is 5.91 Å². The van der Waals surface area contributed by atoms with Crippen LogP contribution in [0.15, 0.2) is 23.1 Å². The molecule has 3 nitrogen and oxygen atoms in total. The van der Waals surface area contributed by atoms with E-state index in [0.29, 0.717) is 6.42 Å². The molecular weight excluding hydrogens is 220 g/mol. The highest BCUT2D eigenvalue weighted by Crippen LogP contribution is 2.23. The summed E-state index contributed by atoms with van der Waals surface area (Å²) in [7, 11) is 1.67. The van der Waals surface area contributed by atoms with Crippen molar-refractivity contribution in [1.82, 2.24) is 5.32 Å². The second kappa shape index (κ2) is 6.43. The largest absolute Gasteiger partial charge is 0.399 e. The van der Waals surface area contributed by atoms with Crippen molar-refractivity contribution in [3.05, 3.63) is 23.8 Å². The Morgan fingerprint density at radius 2 is 2.25 bits per heavy atom. The molecule has 1 aromatic rings. The van der Waals surface area contributed by atoms with Gasteiger partial charge in [-0.05, 0) is 42.9 Å². The SMILES string of the molecule is CNC(=O)CCCSc1ccc(N)c(C)c1. The molecule has 0 atom stereocenters. The van der Waals surface area contributed by atoms with Gasteiger partial charge in [0.05, 0.1) is 0 Å². The van der Waals surface area contributed by atoms with Gasteiger partial charge in [0.1, 0.15) is 0 Å². The lowest BCUT2D eigenvalue weighted by molar-refractivity contribution is -0.120. The summed E-state index contributed by atoms with van der Waals surface area (Å²) in [6, 6.07) is 6.03. The van der Waals surface area contributed by atoms with Gasteiger partial charge < -0.3 is 11.1 Å². The molecule has 88 valence electrons. The van der Waals surface area contributed by atoms with E-state index in [9.17, 15) is 4.79 Å². The number of nitrogens with one attached hydrogen (secondary N) is 1. The molecule has 0 fully saturated rings. The monoisotopic (exact) mass is 238 g/mol. The Balaban J connectivity index is 2.32. The first-order valence-corrected chi connectivity index (χ1v) is 6.31. The zero-order chi connectivity index (χ0) is 12.0. The van der Waals surface area contributed by atoms with Crippen molar-refractivity contribution in [2.45, 2.75) is 24.7 Å². The Morgan fingerprint density at radius 3 is 2.88 bits per heavy atom. The third-order valence-corrected chi connectivity index (χ3v) is 3.42. The number of amides is 1. The van der Waals surface area contributed by atoms with E-state index < -0.39 is 0 Å². The van der Waals surface area contributed by atoms with Crippen molar-refractivity contribution in [2.75, 3.05) is 18.5 Å². The number of anilines is 1. The normalized spacial score (nSPS) is 10.1. The highest BCUT2D eigenvalue weighted by atomic mass is 32.2. The lowest BCUT2D eigenvalue weighted by Crippen LogP contribution is -2.17. The molecule has 0 aliphatic heterocycles. The van der Waals surface area contributed by atoms with E-state index in [4.69, 9.17) is 5.73 Å². The van der Waals surface area contributed by atoms with Gasteiger partial charge in [0, 0.05) is 24.1 Å². The van der Waals surface area contributed by atoms with Gasteiger partial charge in [-0.3, -0.25) is 4.79 Å². The van der Waals surface area contributed by atoms with Crippen LogP contribution in [0.25, 0.3) is 0 Å². The first kappa shape index (κ1) is 12.9. The zero-order valence-electron chi connectivity index (χ0n) is 9.75. The quantitative estimate of drug-likeness (QED) is 0.470. The Kier molecular flexibility index (Phi) is 5.19. The topological polar surface area (TPSA) is 55.1 Å². The van der Waals surface area contributed by atoms with Gasteiger partial charge in [-0.15, -0.1) is 11.8 Å². The second-order valence-corrected chi connectivity index (χ2v) is 4.81. The fourth-order valence-electron chi connectivity index (χ4n) is 1.29. The summed E-state index contributed by atoms with van der Waals surface area (Å²) in [6.07, 6.45) is 1.49. The van der Waals surface area contributed by atoms with Crippen LogP contribution in [0.2, 0.25) is 0 Å². The predicted molar refractivity (Wildman–Crippen MR) is 69.6 cm³/mol. The molecule has 0 spiro atoms. The molecule has 0 bridgehead atoms. The Morgan fingerprint density at radius 1 is 1.50 bits per heavy atom. The summed E-state index contributed by atoms with van der Waals surface area (Å²) in [5.41, 5.74) is 7.68. The van der Waals surface area contributed by atoms with Gasteiger partial charge in [-0.25, -0.2) is 0 Å². The van der Waals surface area contributed by atoms with E-state index in [1.807, 2.05) is 19.1 Å². The third kappa shape index (κ3) is 4.14. The smallest absolute Gasteiger partial charge is 0.219 e. The molecule has 0 aliphatic rings.